The van der Waals surface area contributed by atoms with Crippen LogP contribution >= 0.6 is 11.6 Å². The number of carbonyl (C=O) groups is 1. The summed E-state index contributed by atoms with van der Waals surface area (Å²) in [7, 11) is -0.134. The second kappa shape index (κ2) is 13.2. The molecule has 1 rings (SSSR count). The molecule has 7 N–H and O–H groups in total. The van der Waals surface area contributed by atoms with Crippen LogP contribution in [-0.4, -0.2) is 74.2 Å². The van der Waals surface area contributed by atoms with Gasteiger partial charge in [0.25, 0.3) is 5.91 Å². The molecule has 1 heterocycles. The number of aromatic nitrogens is 2. The number of amides is 1. The van der Waals surface area contributed by atoms with E-state index in [0.29, 0.717) is 26.2 Å². The Hall–Kier alpha value is -2.22. The fraction of sp³-hybridized carbons (Fsp3) is 0.647. The van der Waals surface area contributed by atoms with Gasteiger partial charge in [-0.15, -0.1) is 0 Å². The first-order chi connectivity index (χ1) is 14.5. The lowest BCUT2D eigenvalue weighted by molar-refractivity contribution is 0.0971. The fourth-order valence-corrected chi connectivity index (χ4v) is 3.32. The van der Waals surface area contributed by atoms with Gasteiger partial charge in [0.05, 0.1) is 5.75 Å². The molecule has 0 saturated heterocycles. The van der Waals surface area contributed by atoms with E-state index in [1.807, 2.05) is 0 Å². The lowest BCUT2D eigenvalue weighted by Gasteiger charge is -2.11. The maximum absolute atomic E-state index is 12.1. The molecule has 0 atom stereocenters. The van der Waals surface area contributed by atoms with Crippen molar-refractivity contribution in [3.05, 3.63) is 10.8 Å². The molecule has 12 nitrogen and oxygen atoms in total. The van der Waals surface area contributed by atoms with Gasteiger partial charge in [-0.3, -0.25) is 15.5 Å². The first-order valence-electron chi connectivity index (χ1n) is 9.74. The monoisotopic (exact) mass is 478 g/mol. The summed E-state index contributed by atoms with van der Waals surface area (Å²) in [6.07, 6.45) is 3.99. The number of ether oxygens (including phenoxy) is 1. The van der Waals surface area contributed by atoms with Crippen LogP contribution in [0.15, 0.2) is 0 Å². The van der Waals surface area contributed by atoms with E-state index < -0.39 is 15.9 Å². The Balaban J connectivity index is 2.09. The van der Waals surface area contributed by atoms with Gasteiger partial charge in [0, 0.05) is 33.9 Å². The highest BCUT2D eigenvalue weighted by atomic mass is 35.5. The van der Waals surface area contributed by atoms with E-state index >= 15 is 0 Å². The van der Waals surface area contributed by atoms with Crippen molar-refractivity contribution in [3.8, 4) is 0 Å². The number of hydrogen-bond donors (Lipinski definition) is 5. The fourth-order valence-electron chi connectivity index (χ4n) is 2.35. The van der Waals surface area contributed by atoms with E-state index in [0.717, 1.165) is 25.7 Å². The molecule has 176 valence electrons. The van der Waals surface area contributed by atoms with Gasteiger partial charge >= 0.3 is 0 Å². The van der Waals surface area contributed by atoms with E-state index in [4.69, 9.17) is 33.2 Å². The standard InChI is InChI=1S/C17H31ClN8O4S/c1-26(2)31(28,29)11-7-10-30-9-6-4-3-5-8-22-17(21)25-16(27)12-14(19)24-15(20)13(18)23-12/h3-11H2,1-2H3,(H4,19,20,24)(H3,21,22,25,27). The predicted molar refractivity (Wildman–Crippen MR) is 120 cm³/mol. The molecular weight excluding hydrogens is 448 g/mol. The van der Waals surface area contributed by atoms with Crippen LogP contribution in [0.3, 0.4) is 0 Å². The minimum Gasteiger partial charge on any atom is -0.382 e. The highest BCUT2D eigenvalue weighted by Gasteiger charge is 2.17. The molecule has 0 spiro atoms. The predicted octanol–water partition coefficient (Wildman–Crippen LogP) is 0.407. The van der Waals surface area contributed by atoms with E-state index in [1.54, 1.807) is 0 Å². The number of nitrogens with zero attached hydrogens (tertiary/aromatic N) is 3. The van der Waals surface area contributed by atoms with Crippen molar-refractivity contribution in [2.45, 2.75) is 32.1 Å². The number of rotatable bonds is 13. The molecule has 0 aromatic carbocycles. The van der Waals surface area contributed by atoms with Crippen molar-refractivity contribution in [1.82, 2.24) is 24.9 Å². The Morgan fingerprint density at radius 2 is 1.74 bits per heavy atom. The molecule has 0 radical (unpaired) electrons. The van der Waals surface area contributed by atoms with Crippen molar-refractivity contribution in [2.24, 2.45) is 0 Å². The summed E-state index contributed by atoms with van der Waals surface area (Å²) in [6.45, 7) is 1.50. The Bertz CT molecular complexity index is 851. The SMILES string of the molecule is CN(C)S(=O)(=O)CCCOCCCCCCNC(=N)NC(=O)c1nc(Cl)c(N)nc1N. The summed E-state index contributed by atoms with van der Waals surface area (Å²) in [5.74, 6) is -1.06. The molecule has 1 amide bonds. The van der Waals surface area contributed by atoms with Gasteiger partial charge in [-0.1, -0.05) is 24.4 Å². The smallest absolute Gasteiger partial charge is 0.280 e. The van der Waals surface area contributed by atoms with Crippen molar-refractivity contribution in [2.75, 3.05) is 51.1 Å². The number of nitrogens with two attached hydrogens (primary N) is 2. The summed E-state index contributed by atoms with van der Waals surface area (Å²) in [5, 5.41) is 12.7. The van der Waals surface area contributed by atoms with Crippen LogP contribution in [0.4, 0.5) is 11.6 Å². The average molecular weight is 479 g/mol. The summed E-state index contributed by atoms with van der Waals surface area (Å²) >= 11 is 5.74. The number of nitrogen functional groups attached to an aromatic ring is 2. The van der Waals surface area contributed by atoms with Gasteiger partial charge in [-0.05, 0) is 19.3 Å². The number of nitrogens with one attached hydrogen (secondary N) is 3. The number of carbonyl (C=O) groups excluding carboxylic acids is 1. The Morgan fingerprint density at radius 3 is 2.42 bits per heavy atom. The van der Waals surface area contributed by atoms with Gasteiger partial charge in [-0.2, -0.15) is 0 Å². The Kier molecular flexibility index (Phi) is 11.5. The van der Waals surface area contributed by atoms with Crippen LogP contribution in [0.1, 0.15) is 42.6 Å². The van der Waals surface area contributed by atoms with Crippen LogP contribution < -0.4 is 22.1 Å². The van der Waals surface area contributed by atoms with Gasteiger partial charge < -0.3 is 21.5 Å². The second-order valence-corrected chi connectivity index (χ2v) is 9.53. The first kappa shape index (κ1) is 26.8. The summed E-state index contributed by atoms with van der Waals surface area (Å²) in [6, 6.07) is 0. The number of hydrogen-bond acceptors (Lipinski definition) is 9. The Labute approximate surface area is 187 Å². The van der Waals surface area contributed by atoms with E-state index in [1.165, 1.54) is 18.4 Å². The van der Waals surface area contributed by atoms with E-state index in [-0.39, 0.29) is 34.2 Å². The molecule has 0 aliphatic carbocycles. The van der Waals surface area contributed by atoms with Crippen LogP contribution in [0.5, 0.6) is 0 Å². The maximum atomic E-state index is 12.1. The molecular formula is C17H31ClN8O4S. The van der Waals surface area contributed by atoms with E-state index in [9.17, 15) is 13.2 Å². The third-order valence-corrected chi connectivity index (χ3v) is 6.32. The minimum absolute atomic E-state index is 0.0772. The normalized spacial score (nSPS) is 11.5. The Morgan fingerprint density at radius 1 is 1.10 bits per heavy atom. The van der Waals surface area contributed by atoms with Crippen molar-refractivity contribution < 1.29 is 17.9 Å². The lowest BCUT2D eigenvalue weighted by atomic mass is 10.2. The lowest BCUT2D eigenvalue weighted by Crippen LogP contribution is -2.41. The third kappa shape index (κ3) is 10.1. The van der Waals surface area contributed by atoms with Crippen molar-refractivity contribution >= 4 is 45.1 Å². The van der Waals surface area contributed by atoms with Crippen LogP contribution in [-0.2, 0) is 14.8 Å². The van der Waals surface area contributed by atoms with Crippen molar-refractivity contribution in [1.29, 1.82) is 5.41 Å². The van der Waals surface area contributed by atoms with Gasteiger partial charge in [0.2, 0.25) is 10.0 Å². The largest absolute Gasteiger partial charge is 0.382 e. The summed E-state index contributed by atoms with van der Waals surface area (Å²) in [5.41, 5.74) is 10.9. The van der Waals surface area contributed by atoms with Gasteiger partial charge in [0.1, 0.15) is 0 Å². The minimum atomic E-state index is -3.16. The first-order valence-corrected chi connectivity index (χ1v) is 11.7. The number of anilines is 2. The van der Waals surface area contributed by atoms with Crippen molar-refractivity contribution in [3.63, 3.8) is 0 Å². The van der Waals surface area contributed by atoms with Crippen LogP contribution in [0, 0.1) is 5.41 Å². The summed E-state index contributed by atoms with van der Waals surface area (Å²) in [4.78, 5) is 19.6. The number of halogens is 1. The molecule has 0 aliphatic rings. The van der Waals surface area contributed by atoms with E-state index in [2.05, 4.69) is 20.6 Å². The molecule has 0 aliphatic heterocycles. The molecule has 1 aromatic heterocycles. The third-order valence-electron chi connectivity index (χ3n) is 4.12. The average Bonchev–Trinajstić information content (AvgIpc) is 2.68. The highest BCUT2D eigenvalue weighted by molar-refractivity contribution is 7.89. The van der Waals surface area contributed by atoms with Gasteiger partial charge in [-0.25, -0.2) is 22.7 Å². The molecule has 0 unspecified atom stereocenters. The van der Waals surface area contributed by atoms with Gasteiger partial charge in [0.15, 0.2) is 28.4 Å². The van der Waals surface area contributed by atoms with Crippen LogP contribution in [0.25, 0.3) is 0 Å². The van der Waals surface area contributed by atoms with Crippen LogP contribution in [0.2, 0.25) is 5.15 Å². The highest BCUT2D eigenvalue weighted by Crippen LogP contribution is 2.17. The topological polar surface area (TPSA) is 189 Å². The number of guanidine groups is 1. The molecule has 14 heteroatoms. The molecule has 0 bridgehead atoms. The molecule has 0 saturated carbocycles. The zero-order valence-electron chi connectivity index (χ0n) is 17.8. The molecule has 1 aromatic rings. The molecule has 31 heavy (non-hydrogen) atoms. The quantitative estimate of drug-likeness (QED) is 0.152. The number of sulfonamides is 1. The second-order valence-electron chi connectivity index (χ2n) is 6.87. The zero-order valence-corrected chi connectivity index (χ0v) is 19.4. The molecule has 0 fully saturated rings. The maximum Gasteiger partial charge on any atom is 0.280 e. The number of unbranched alkanes of at least 4 members (excludes halogenated alkanes) is 3. The summed E-state index contributed by atoms with van der Waals surface area (Å²) < 4.78 is 29.8. The zero-order chi connectivity index (χ0) is 23.4.